The fraction of sp³-hybridized carbons (Fsp3) is 0.316. The number of carbonyl (C=O) groups excluding carboxylic acids is 2. The van der Waals surface area contributed by atoms with Gasteiger partial charge in [0.05, 0.1) is 0 Å². The summed E-state index contributed by atoms with van der Waals surface area (Å²) in [5.41, 5.74) is 2.48. The highest BCUT2D eigenvalue weighted by molar-refractivity contribution is 5.95. The molecule has 3 amide bonds. The molecule has 4 rings (SSSR count). The average molecular weight is 379 g/mol. The lowest BCUT2D eigenvalue weighted by Gasteiger charge is -2.08. The number of anilines is 1. The fourth-order valence-electron chi connectivity index (χ4n) is 2.85. The molecule has 9 nitrogen and oxygen atoms in total. The first kappa shape index (κ1) is 17.9. The topological polar surface area (TPSA) is 113 Å². The molecule has 3 aromatic heterocycles. The van der Waals surface area contributed by atoms with Crippen LogP contribution >= 0.6 is 0 Å². The van der Waals surface area contributed by atoms with Crippen LogP contribution < -0.4 is 16.0 Å². The molecular formula is C19H21N7O2. The molecule has 0 atom stereocenters. The van der Waals surface area contributed by atoms with E-state index in [1.807, 2.05) is 25.1 Å². The van der Waals surface area contributed by atoms with Crippen LogP contribution in [0.3, 0.4) is 0 Å². The zero-order valence-electron chi connectivity index (χ0n) is 15.5. The van der Waals surface area contributed by atoms with Gasteiger partial charge in [-0.1, -0.05) is 6.07 Å². The first-order valence-electron chi connectivity index (χ1n) is 9.28. The van der Waals surface area contributed by atoms with Crippen LogP contribution in [0, 0.1) is 5.92 Å². The minimum absolute atomic E-state index is 0.130. The van der Waals surface area contributed by atoms with E-state index in [4.69, 9.17) is 0 Å². The van der Waals surface area contributed by atoms with Crippen molar-refractivity contribution in [3.8, 4) is 11.1 Å². The summed E-state index contributed by atoms with van der Waals surface area (Å²) in [5.74, 6) is 0.467. The summed E-state index contributed by atoms with van der Waals surface area (Å²) in [6, 6.07) is 6.92. The Morgan fingerprint density at radius 3 is 2.79 bits per heavy atom. The monoisotopic (exact) mass is 379 g/mol. The highest BCUT2D eigenvalue weighted by Crippen LogP contribution is 2.28. The predicted octanol–water partition coefficient (Wildman–Crippen LogP) is 2.07. The van der Waals surface area contributed by atoms with Gasteiger partial charge in [-0.15, -0.1) is 5.10 Å². The molecule has 0 aromatic carbocycles. The lowest BCUT2D eigenvalue weighted by Crippen LogP contribution is -2.29. The van der Waals surface area contributed by atoms with Crippen molar-refractivity contribution in [2.24, 2.45) is 5.92 Å². The number of carbonyl (C=O) groups is 2. The second-order valence-electron chi connectivity index (χ2n) is 6.71. The molecule has 0 spiro atoms. The number of fused-ring (bicyclic) bond motifs is 1. The Hall–Kier alpha value is -3.49. The first-order chi connectivity index (χ1) is 13.6. The van der Waals surface area contributed by atoms with Crippen molar-refractivity contribution >= 4 is 23.5 Å². The lowest BCUT2D eigenvalue weighted by atomic mass is 10.1. The van der Waals surface area contributed by atoms with Gasteiger partial charge in [0.25, 0.3) is 11.9 Å². The largest absolute Gasteiger partial charge is 0.350 e. The van der Waals surface area contributed by atoms with E-state index in [1.165, 1.54) is 4.52 Å². The molecule has 0 unspecified atom stereocenters. The Morgan fingerprint density at radius 1 is 1.21 bits per heavy atom. The Kier molecular flexibility index (Phi) is 4.88. The predicted molar refractivity (Wildman–Crippen MR) is 104 cm³/mol. The van der Waals surface area contributed by atoms with Crippen LogP contribution in [0.1, 0.15) is 30.3 Å². The molecule has 28 heavy (non-hydrogen) atoms. The van der Waals surface area contributed by atoms with Crippen LogP contribution in [-0.4, -0.2) is 44.6 Å². The van der Waals surface area contributed by atoms with E-state index in [0.717, 1.165) is 24.0 Å². The Morgan fingerprint density at radius 2 is 2.07 bits per heavy atom. The SMILES string of the molecule is CCNC(=O)Nc1nc2cc(-c3cccnc3)cc(C(=O)NCC3CC3)n2n1. The molecule has 1 saturated carbocycles. The average Bonchev–Trinajstić information content (AvgIpc) is 3.44. The van der Waals surface area contributed by atoms with E-state index in [2.05, 4.69) is 31.0 Å². The number of nitrogens with zero attached hydrogens (tertiary/aromatic N) is 4. The molecule has 3 N–H and O–H groups in total. The highest BCUT2D eigenvalue weighted by atomic mass is 16.2. The second-order valence-corrected chi connectivity index (χ2v) is 6.71. The summed E-state index contributed by atoms with van der Waals surface area (Å²) < 4.78 is 1.45. The summed E-state index contributed by atoms with van der Waals surface area (Å²) in [6.07, 6.45) is 5.71. The number of rotatable bonds is 6. The number of aromatic nitrogens is 4. The molecule has 0 radical (unpaired) electrons. The summed E-state index contributed by atoms with van der Waals surface area (Å²) >= 11 is 0. The number of amides is 3. The zero-order chi connectivity index (χ0) is 19.5. The third-order valence-electron chi connectivity index (χ3n) is 4.48. The van der Waals surface area contributed by atoms with Gasteiger partial charge < -0.3 is 10.6 Å². The van der Waals surface area contributed by atoms with Gasteiger partial charge in [-0.2, -0.15) is 4.98 Å². The maximum absolute atomic E-state index is 12.8. The highest BCUT2D eigenvalue weighted by Gasteiger charge is 2.23. The van der Waals surface area contributed by atoms with Crippen molar-refractivity contribution in [2.75, 3.05) is 18.4 Å². The lowest BCUT2D eigenvalue weighted by molar-refractivity contribution is 0.0944. The number of hydrogen-bond donors (Lipinski definition) is 3. The summed E-state index contributed by atoms with van der Waals surface area (Å²) in [6.45, 7) is 2.95. The van der Waals surface area contributed by atoms with Crippen molar-refractivity contribution in [3.63, 3.8) is 0 Å². The van der Waals surface area contributed by atoms with Crippen molar-refractivity contribution in [1.82, 2.24) is 30.2 Å². The van der Waals surface area contributed by atoms with E-state index in [0.29, 0.717) is 30.3 Å². The molecule has 1 aliphatic carbocycles. The van der Waals surface area contributed by atoms with Gasteiger partial charge in [-0.3, -0.25) is 15.1 Å². The summed E-state index contributed by atoms with van der Waals surface area (Å²) in [7, 11) is 0. The maximum atomic E-state index is 12.8. The summed E-state index contributed by atoms with van der Waals surface area (Å²) in [5, 5.41) is 12.5. The zero-order valence-corrected chi connectivity index (χ0v) is 15.5. The van der Waals surface area contributed by atoms with Gasteiger partial charge in [-0.25, -0.2) is 9.31 Å². The first-order valence-corrected chi connectivity index (χ1v) is 9.28. The third kappa shape index (κ3) is 3.93. The van der Waals surface area contributed by atoms with Crippen LogP contribution in [0.25, 0.3) is 16.8 Å². The van der Waals surface area contributed by atoms with E-state index < -0.39 is 6.03 Å². The third-order valence-corrected chi connectivity index (χ3v) is 4.48. The molecule has 0 saturated heterocycles. The maximum Gasteiger partial charge on any atom is 0.321 e. The Labute approximate surface area is 161 Å². The van der Waals surface area contributed by atoms with Crippen molar-refractivity contribution in [3.05, 3.63) is 42.4 Å². The van der Waals surface area contributed by atoms with Crippen LogP contribution in [0.15, 0.2) is 36.7 Å². The molecular weight excluding hydrogens is 358 g/mol. The fourth-order valence-corrected chi connectivity index (χ4v) is 2.85. The molecule has 144 valence electrons. The minimum atomic E-state index is -0.398. The van der Waals surface area contributed by atoms with Crippen molar-refractivity contribution in [1.29, 1.82) is 0 Å². The smallest absolute Gasteiger partial charge is 0.321 e. The number of pyridine rings is 2. The normalized spacial score (nSPS) is 13.3. The number of nitrogens with one attached hydrogen (secondary N) is 3. The minimum Gasteiger partial charge on any atom is -0.350 e. The quantitative estimate of drug-likeness (QED) is 0.607. The van der Waals surface area contributed by atoms with E-state index in [9.17, 15) is 9.59 Å². The Balaban J connectivity index is 1.72. The van der Waals surface area contributed by atoms with Crippen molar-refractivity contribution in [2.45, 2.75) is 19.8 Å². The van der Waals surface area contributed by atoms with Gasteiger partial charge in [-0.05, 0) is 49.4 Å². The van der Waals surface area contributed by atoms with Crippen LogP contribution in [0.5, 0.6) is 0 Å². The molecule has 9 heteroatoms. The van der Waals surface area contributed by atoms with Crippen LogP contribution in [0.2, 0.25) is 0 Å². The molecule has 1 aliphatic rings. The standard InChI is InChI=1S/C19H21N7O2/c1-2-21-19(28)24-18-23-16-9-14(13-4-3-7-20-11-13)8-15(26(16)25-18)17(27)22-10-12-5-6-12/h3-4,7-9,11-12H,2,5-6,10H2,1H3,(H,22,27)(H2,21,24,25,28). The van der Waals surface area contributed by atoms with Gasteiger partial charge in [0.1, 0.15) is 5.69 Å². The molecule has 3 heterocycles. The van der Waals surface area contributed by atoms with Gasteiger partial charge in [0, 0.05) is 31.0 Å². The van der Waals surface area contributed by atoms with Gasteiger partial charge in [0.2, 0.25) is 0 Å². The number of hydrogen-bond acceptors (Lipinski definition) is 5. The van der Waals surface area contributed by atoms with E-state index >= 15 is 0 Å². The van der Waals surface area contributed by atoms with E-state index in [-0.39, 0.29) is 11.9 Å². The van der Waals surface area contributed by atoms with Gasteiger partial charge >= 0.3 is 6.03 Å². The Bertz CT molecular complexity index is 1010. The number of urea groups is 1. The van der Waals surface area contributed by atoms with Crippen LogP contribution in [0.4, 0.5) is 10.7 Å². The molecule has 0 bridgehead atoms. The van der Waals surface area contributed by atoms with Crippen molar-refractivity contribution < 1.29 is 9.59 Å². The van der Waals surface area contributed by atoms with E-state index in [1.54, 1.807) is 18.5 Å². The second kappa shape index (κ2) is 7.63. The van der Waals surface area contributed by atoms with Gasteiger partial charge in [0.15, 0.2) is 5.65 Å². The van der Waals surface area contributed by atoms with Crippen LogP contribution in [-0.2, 0) is 0 Å². The molecule has 3 aromatic rings. The molecule has 0 aliphatic heterocycles. The molecule has 1 fully saturated rings. The summed E-state index contributed by atoms with van der Waals surface area (Å²) in [4.78, 5) is 33.1.